The number of benzene rings is 1. The fraction of sp³-hybridized carbons (Fsp3) is 0.500. The summed E-state index contributed by atoms with van der Waals surface area (Å²) in [6, 6.07) is 5.97. The summed E-state index contributed by atoms with van der Waals surface area (Å²) in [4.78, 5) is 0. The van der Waals surface area contributed by atoms with Gasteiger partial charge < -0.3 is 20.5 Å². The average Bonchev–Trinajstić information content (AvgIpc) is 2.29. The van der Waals surface area contributed by atoms with Crippen LogP contribution in [-0.2, 0) is 0 Å². The molecule has 0 saturated carbocycles. The van der Waals surface area contributed by atoms with Crippen LogP contribution in [0, 0.1) is 0 Å². The van der Waals surface area contributed by atoms with Gasteiger partial charge in [0.15, 0.2) is 11.5 Å². The van der Waals surface area contributed by atoms with Crippen molar-refractivity contribution in [3.05, 3.63) is 23.8 Å². The van der Waals surface area contributed by atoms with Crippen LogP contribution in [-0.4, -0.2) is 27.3 Å². The van der Waals surface area contributed by atoms with Gasteiger partial charge >= 0.3 is 0 Å². The van der Waals surface area contributed by atoms with E-state index in [0.29, 0.717) is 0 Å². The normalized spacial score (nSPS) is 14.3. The maximum atomic E-state index is 5.91. The van der Waals surface area contributed by atoms with Gasteiger partial charge in [-0.25, -0.2) is 0 Å². The Balaban J connectivity index is 3.06. The minimum atomic E-state index is 0.0306. The van der Waals surface area contributed by atoms with Gasteiger partial charge in [0.2, 0.25) is 0 Å². The van der Waals surface area contributed by atoms with Crippen LogP contribution in [0.2, 0.25) is 0 Å². The van der Waals surface area contributed by atoms with Gasteiger partial charge in [0.05, 0.1) is 14.2 Å². The Morgan fingerprint density at radius 1 is 1.19 bits per heavy atom. The molecule has 4 heteroatoms. The number of nitrogens with one attached hydrogen (secondary N) is 1. The van der Waals surface area contributed by atoms with Gasteiger partial charge in [-0.15, -0.1) is 0 Å². The van der Waals surface area contributed by atoms with E-state index < -0.39 is 0 Å². The second kappa shape index (κ2) is 5.72. The molecule has 0 bridgehead atoms. The standard InChI is InChI=1S/C12H20N2O2/c1-8(13)12(14-2)9-5-6-10(15-3)11(7-9)16-4/h5-8,12,14H,13H2,1-4H3. The van der Waals surface area contributed by atoms with Crippen molar-refractivity contribution in [3.63, 3.8) is 0 Å². The zero-order valence-electron chi connectivity index (χ0n) is 10.3. The zero-order chi connectivity index (χ0) is 12.1. The van der Waals surface area contributed by atoms with Crippen LogP contribution in [0.4, 0.5) is 0 Å². The maximum absolute atomic E-state index is 5.91. The van der Waals surface area contributed by atoms with Crippen molar-refractivity contribution < 1.29 is 9.47 Å². The molecule has 0 fully saturated rings. The molecule has 0 radical (unpaired) electrons. The summed E-state index contributed by atoms with van der Waals surface area (Å²) < 4.78 is 10.4. The molecule has 3 N–H and O–H groups in total. The molecule has 2 unspecified atom stereocenters. The lowest BCUT2D eigenvalue weighted by Crippen LogP contribution is -2.33. The highest BCUT2D eigenvalue weighted by Crippen LogP contribution is 2.30. The third-order valence-corrected chi connectivity index (χ3v) is 2.60. The van der Waals surface area contributed by atoms with Crippen LogP contribution in [0.5, 0.6) is 11.5 Å². The average molecular weight is 224 g/mol. The van der Waals surface area contributed by atoms with E-state index in [1.807, 2.05) is 32.2 Å². The van der Waals surface area contributed by atoms with Crippen LogP contribution < -0.4 is 20.5 Å². The van der Waals surface area contributed by atoms with E-state index in [1.54, 1.807) is 14.2 Å². The van der Waals surface area contributed by atoms with Crippen molar-refractivity contribution in [3.8, 4) is 11.5 Å². The van der Waals surface area contributed by atoms with Crippen LogP contribution in [0.3, 0.4) is 0 Å². The van der Waals surface area contributed by atoms with E-state index >= 15 is 0 Å². The highest BCUT2D eigenvalue weighted by molar-refractivity contribution is 5.44. The van der Waals surface area contributed by atoms with Crippen LogP contribution >= 0.6 is 0 Å². The molecule has 0 saturated heterocycles. The predicted molar refractivity (Wildman–Crippen MR) is 65.0 cm³/mol. The fourth-order valence-electron chi connectivity index (χ4n) is 1.78. The lowest BCUT2D eigenvalue weighted by atomic mass is 10.0. The quantitative estimate of drug-likeness (QED) is 0.792. The van der Waals surface area contributed by atoms with Gasteiger partial charge in [-0.3, -0.25) is 0 Å². The van der Waals surface area contributed by atoms with E-state index in [2.05, 4.69) is 5.32 Å². The van der Waals surface area contributed by atoms with Crippen molar-refractivity contribution in [2.24, 2.45) is 5.73 Å². The van der Waals surface area contributed by atoms with E-state index in [-0.39, 0.29) is 12.1 Å². The molecule has 0 spiro atoms. The van der Waals surface area contributed by atoms with Crippen molar-refractivity contribution in [1.82, 2.24) is 5.32 Å². The molecule has 0 aliphatic heterocycles. The second-order valence-corrected chi connectivity index (χ2v) is 3.74. The molecule has 2 atom stereocenters. The Morgan fingerprint density at radius 3 is 2.25 bits per heavy atom. The SMILES string of the molecule is CNC(c1ccc(OC)c(OC)c1)C(C)N. The number of ether oxygens (including phenoxy) is 2. The topological polar surface area (TPSA) is 56.5 Å². The van der Waals surface area contributed by atoms with Crippen LogP contribution in [0.1, 0.15) is 18.5 Å². The summed E-state index contributed by atoms with van der Waals surface area (Å²) in [6.45, 7) is 1.97. The predicted octanol–water partition coefficient (Wildman–Crippen LogP) is 1.31. The lowest BCUT2D eigenvalue weighted by Gasteiger charge is -2.21. The van der Waals surface area contributed by atoms with Crippen molar-refractivity contribution in [2.45, 2.75) is 19.0 Å². The van der Waals surface area contributed by atoms with Crippen LogP contribution in [0.15, 0.2) is 18.2 Å². The number of likely N-dealkylation sites (N-methyl/N-ethyl adjacent to an activating group) is 1. The van der Waals surface area contributed by atoms with E-state index in [0.717, 1.165) is 17.1 Å². The second-order valence-electron chi connectivity index (χ2n) is 3.74. The molecule has 0 aromatic heterocycles. The molecular weight excluding hydrogens is 204 g/mol. The first-order valence-corrected chi connectivity index (χ1v) is 5.28. The molecule has 0 amide bonds. The monoisotopic (exact) mass is 224 g/mol. The third-order valence-electron chi connectivity index (χ3n) is 2.60. The summed E-state index contributed by atoms with van der Waals surface area (Å²) in [7, 11) is 5.14. The highest BCUT2D eigenvalue weighted by Gasteiger charge is 2.15. The number of hydrogen-bond donors (Lipinski definition) is 2. The molecule has 0 aliphatic rings. The van der Waals surface area contributed by atoms with Crippen LogP contribution in [0.25, 0.3) is 0 Å². The summed E-state index contributed by atoms with van der Waals surface area (Å²) in [5.41, 5.74) is 7.00. The van der Waals surface area contributed by atoms with Crippen molar-refractivity contribution in [1.29, 1.82) is 0 Å². The van der Waals surface area contributed by atoms with Crippen molar-refractivity contribution in [2.75, 3.05) is 21.3 Å². The molecular formula is C12H20N2O2. The first kappa shape index (κ1) is 12.8. The Kier molecular flexibility index (Phi) is 4.58. The Bertz CT molecular complexity index is 340. The van der Waals surface area contributed by atoms with Gasteiger partial charge in [-0.1, -0.05) is 6.07 Å². The molecule has 1 aromatic rings. The van der Waals surface area contributed by atoms with Gasteiger partial charge in [0.25, 0.3) is 0 Å². The summed E-state index contributed by atoms with van der Waals surface area (Å²) in [5, 5.41) is 3.19. The minimum Gasteiger partial charge on any atom is -0.493 e. The lowest BCUT2D eigenvalue weighted by molar-refractivity contribution is 0.353. The Hall–Kier alpha value is -1.26. The number of hydrogen-bond acceptors (Lipinski definition) is 4. The molecule has 4 nitrogen and oxygen atoms in total. The van der Waals surface area contributed by atoms with E-state index in [4.69, 9.17) is 15.2 Å². The molecule has 1 aromatic carbocycles. The smallest absolute Gasteiger partial charge is 0.161 e. The zero-order valence-corrected chi connectivity index (χ0v) is 10.3. The maximum Gasteiger partial charge on any atom is 0.161 e. The molecule has 1 rings (SSSR count). The van der Waals surface area contributed by atoms with Gasteiger partial charge in [0, 0.05) is 12.1 Å². The Labute approximate surface area is 96.7 Å². The summed E-state index contributed by atoms with van der Waals surface area (Å²) >= 11 is 0. The number of methoxy groups -OCH3 is 2. The summed E-state index contributed by atoms with van der Waals surface area (Å²) in [5.74, 6) is 1.45. The van der Waals surface area contributed by atoms with Gasteiger partial charge in [-0.05, 0) is 31.7 Å². The first-order valence-electron chi connectivity index (χ1n) is 5.28. The molecule has 90 valence electrons. The molecule has 0 heterocycles. The number of rotatable bonds is 5. The molecule has 0 aliphatic carbocycles. The van der Waals surface area contributed by atoms with Crippen molar-refractivity contribution >= 4 is 0 Å². The largest absolute Gasteiger partial charge is 0.493 e. The number of nitrogens with two attached hydrogens (primary N) is 1. The van der Waals surface area contributed by atoms with Gasteiger partial charge in [0.1, 0.15) is 0 Å². The van der Waals surface area contributed by atoms with Gasteiger partial charge in [-0.2, -0.15) is 0 Å². The first-order chi connectivity index (χ1) is 7.63. The molecule has 16 heavy (non-hydrogen) atoms. The highest BCUT2D eigenvalue weighted by atomic mass is 16.5. The summed E-state index contributed by atoms with van der Waals surface area (Å²) in [6.07, 6.45) is 0. The fourth-order valence-corrected chi connectivity index (χ4v) is 1.78. The Morgan fingerprint density at radius 2 is 1.81 bits per heavy atom. The van der Waals surface area contributed by atoms with E-state index in [9.17, 15) is 0 Å². The third kappa shape index (κ3) is 2.65. The minimum absolute atomic E-state index is 0.0306. The van der Waals surface area contributed by atoms with E-state index in [1.165, 1.54) is 0 Å².